The molecule has 21 heavy (non-hydrogen) atoms. The maximum absolute atomic E-state index is 12.7. The molecular formula is C17H26N2O2. The average Bonchev–Trinajstić information content (AvgIpc) is 2.73. The third-order valence-corrected chi connectivity index (χ3v) is 4.32. The number of carbonyl (C=O) groups is 1. The van der Waals surface area contributed by atoms with Crippen LogP contribution in [0.5, 0.6) is 5.75 Å². The van der Waals surface area contributed by atoms with Gasteiger partial charge < -0.3 is 15.4 Å². The number of benzene rings is 1. The quantitative estimate of drug-likeness (QED) is 0.865. The van der Waals surface area contributed by atoms with Gasteiger partial charge in [0.2, 0.25) is 0 Å². The lowest BCUT2D eigenvalue weighted by molar-refractivity contribution is 0.0760. The standard InChI is InChI=1S/C17H26N2O2/c1-3-5-13-6-4-10-19(11-9-13)17(20)15-12-14(21-2)7-8-16(15)18/h7-8,12-13H,3-6,9-11,18H2,1-2H3. The first-order valence-corrected chi connectivity index (χ1v) is 7.88. The van der Waals surface area contributed by atoms with E-state index >= 15 is 0 Å². The van der Waals surface area contributed by atoms with E-state index in [1.165, 1.54) is 19.3 Å². The number of rotatable bonds is 4. The summed E-state index contributed by atoms with van der Waals surface area (Å²) in [6.07, 6.45) is 5.90. The molecule has 1 aromatic rings. The van der Waals surface area contributed by atoms with Crippen LogP contribution in [-0.4, -0.2) is 31.0 Å². The van der Waals surface area contributed by atoms with Crippen molar-refractivity contribution in [2.45, 2.75) is 39.0 Å². The van der Waals surface area contributed by atoms with E-state index in [2.05, 4.69) is 6.92 Å². The van der Waals surface area contributed by atoms with Crippen molar-refractivity contribution in [3.63, 3.8) is 0 Å². The number of hydrogen-bond donors (Lipinski definition) is 1. The van der Waals surface area contributed by atoms with E-state index in [9.17, 15) is 4.79 Å². The molecule has 1 aliphatic rings. The van der Waals surface area contributed by atoms with Crippen molar-refractivity contribution in [2.24, 2.45) is 5.92 Å². The van der Waals surface area contributed by atoms with Crippen molar-refractivity contribution in [3.05, 3.63) is 23.8 Å². The minimum absolute atomic E-state index is 0.0311. The molecule has 0 aromatic heterocycles. The van der Waals surface area contributed by atoms with Crippen molar-refractivity contribution in [3.8, 4) is 5.75 Å². The SMILES string of the molecule is CCCC1CCCN(C(=O)c2cc(OC)ccc2N)CC1. The number of ether oxygens (including phenoxy) is 1. The Labute approximate surface area is 127 Å². The zero-order valence-electron chi connectivity index (χ0n) is 13.1. The number of hydrogen-bond acceptors (Lipinski definition) is 3. The van der Waals surface area contributed by atoms with Crippen LogP contribution in [0.3, 0.4) is 0 Å². The molecule has 0 radical (unpaired) electrons. The summed E-state index contributed by atoms with van der Waals surface area (Å²) in [7, 11) is 1.60. The smallest absolute Gasteiger partial charge is 0.256 e. The number of anilines is 1. The topological polar surface area (TPSA) is 55.6 Å². The van der Waals surface area contributed by atoms with Gasteiger partial charge in [0, 0.05) is 18.8 Å². The van der Waals surface area contributed by atoms with Gasteiger partial charge in [0.25, 0.3) is 5.91 Å². The number of nitrogen functional groups attached to an aromatic ring is 1. The second kappa shape index (κ2) is 7.34. The monoisotopic (exact) mass is 290 g/mol. The van der Waals surface area contributed by atoms with E-state index in [-0.39, 0.29) is 5.91 Å². The van der Waals surface area contributed by atoms with Crippen LogP contribution in [0.2, 0.25) is 0 Å². The third kappa shape index (κ3) is 3.90. The first-order valence-electron chi connectivity index (χ1n) is 7.88. The molecule has 116 valence electrons. The van der Waals surface area contributed by atoms with Crippen LogP contribution in [0.1, 0.15) is 49.4 Å². The number of nitrogens with two attached hydrogens (primary N) is 1. The summed E-state index contributed by atoms with van der Waals surface area (Å²) in [5, 5.41) is 0. The molecule has 4 heteroatoms. The highest BCUT2D eigenvalue weighted by Gasteiger charge is 2.22. The molecular weight excluding hydrogens is 264 g/mol. The summed E-state index contributed by atoms with van der Waals surface area (Å²) in [4.78, 5) is 14.6. The van der Waals surface area contributed by atoms with Crippen LogP contribution >= 0.6 is 0 Å². The molecule has 1 atom stereocenters. The first-order chi connectivity index (χ1) is 10.2. The van der Waals surface area contributed by atoms with Gasteiger partial charge in [-0.25, -0.2) is 0 Å². The zero-order chi connectivity index (χ0) is 15.2. The highest BCUT2D eigenvalue weighted by Crippen LogP contribution is 2.25. The molecule has 2 rings (SSSR count). The Morgan fingerprint density at radius 1 is 1.38 bits per heavy atom. The van der Waals surface area contributed by atoms with Crippen molar-refractivity contribution in [1.29, 1.82) is 0 Å². The molecule has 1 fully saturated rings. The Bertz CT molecular complexity index is 488. The summed E-state index contributed by atoms with van der Waals surface area (Å²) in [5.41, 5.74) is 7.04. The lowest BCUT2D eigenvalue weighted by Crippen LogP contribution is -2.32. The van der Waals surface area contributed by atoms with Crippen LogP contribution in [0.15, 0.2) is 18.2 Å². The van der Waals surface area contributed by atoms with E-state index < -0.39 is 0 Å². The summed E-state index contributed by atoms with van der Waals surface area (Å²) in [5.74, 6) is 1.46. The Kier molecular flexibility index (Phi) is 5.48. The lowest BCUT2D eigenvalue weighted by Gasteiger charge is -2.21. The highest BCUT2D eigenvalue weighted by molar-refractivity contribution is 5.99. The van der Waals surface area contributed by atoms with Gasteiger partial charge >= 0.3 is 0 Å². The molecule has 0 spiro atoms. The van der Waals surface area contributed by atoms with Gasteiger partial charge in [0.05, 0.1) is 12.7 Å². The number of methoxy groups -OCH3 is 1. The Balaban J connectivity index is 2.09. The molecule has 0 bridgehead atoms. The minimum atomic E-state index is 0.0311. The number of nitrogens with zero attached hydrogens (tertiary/aromatic N) is 1. The van der Waals surface area contributed by atoms with E-state index in [1.54, 1.807) is 25.3 Å². The number of likely N-dealkylation sites (tertiary alicyclic amines) is 1. The predicted molar refractivity (Wildman–Crippen MR) is 85.6 cm³/mol. The van der Waals surface area contributed by atoms with Crippen molar-refractivity contribution >= 4 is 11.6 Å². The molecule has 1 unspecified atom stereocenters. The molecule has 1 aromatic carbocycles. The Hall–Kier alpha value is -1.71. The summed E-state index contributed by atoms with van der Waals surface area (Å²) >= 11 is 0. The van der Waals surface area contributed by atoms with Gasteiger partial charge in [0.1, 0.15) is 5.75 Å². The van der Waals surface area contributed by atoms with E-state index in [0.29, 0.717) is 17.0 Å². The second-order valence-corrected chi connectivity index (χ2v) is 5.83. The second-order valence-electron chi connectivity index (χ2n) is 5.83. The van der Waals surface area contributed by atoms with Crippen molar-refractivity contribution < 1.29 is 9.53 Å². The lowest BCUT2D eigenvalue weighted by atomic mass is 9.96. The molecule has 2 N–H and O–H groups in total. The maximum Gasteiger partial charge on any atom is 0.256 e. The fourth-order valence-electron chi connectivity index (χ4n) is 3.08. The molecule has 1 heterocycles. The largest absolute Gasteiger partial charge is 0.497 e. The molecule has 1 saturated heterocycles. The van der Waals surface area contributed by atoms with Gasteiger partial charge in [-0.2, -0.15) is 0 Å². The fourth-order valence-corrected chi connectivity index (χ4v) is 3.08. The average molecular weight is 290 g/mol. The van der Waals surface area contributed by atoms with Crippen LogP contribution in [0.4, 0.5) is 5.69 Å². The third-order valence-electron chi connectivity index (χ3n) is 4.32. The molecule has 1 amide bonds. The molecule has 4 nitrogen and oxygen atoms in total. The van der Waals surface area contributed by atoms with Crippen LogP contribution in [-0.2, 0) is 0 Å². The number of carbonyl (C=O) groups excluding carboxylic acids is 1. The van der Waals surface area contributed by atoms with Gasteiger partial charge in [-0.15, -0.1) is 0 Å². The molecule has 0 saturated carbocycles. The summed E-state index contributed by atoms with van der Waals surface area (Å²) < 4.78 is 5.19. The van der Waals surface area contributed by atoms with Gasteiger partial charge in [-0.3, -0.25) is 4.79 Å². The number of amides is 1. The minimum Gasteiger partial charge on any atom is -0.497 e. The Morgan fingerprint density at radius 2 is 2.19 bits per heavy atom. The van der Waals surface area contributed by atoms with E-state index in [4.69, 9.17) is 10.5 Å². The van der Waals surface area contributed by atoms with E-state index in [0.717, 1.165) is 31.8 Å². The predicted octanol–water partition coefficient (Wildman–Crippen LogP) is 3.32. The summed E-state index contributed by atoms with van der Waals surface area (Å²) in [6.45, 7) is 3.89. The van der Waals surface area contributed by atoms with Gasteiger partial charge in [-0.1, -0.05) is 19.8 Å². The maximum atomic E-state index is 12.7. The van der Waals surface area contributed by atoms with Crippen LogP contribution in [0.25, 0.3) is 0 Å². The zero-order valence-corrected chi connectivity index (χ0v) is 13.1. The van der Waals surface area contributed by atoms with Gasteiger partial charge in [0.15, 0.2) is 0 Å². The van der Waals surface area contributed by atoms with Crippen molar-refractivity contribution in [2.75, 3.05) is 25.9 Å². The van der Waals surface area contributed by atoms with E-state index in [1.807, 2.05) is 4.90 Å². The van der Waals surface area contributed by atoms with Crippen LogP contribution < -0.4 is 10.5 Å². The molecule has 0 aliphatic carbocycles. The highest BCUT2D eigenvalue weighted by atomic mass is 16.5. The first kappa shape index (κ1) is 15.7. The fraction of sp³-hybridized carbons (Fsp3) is 0.588. The summed E-state index contributed by atoms with van der Waals surface area (Å²) in [6, 6.07) is 5.27. The normalized spacial score (nSPS) is 19.1. The van der Waals surface area contributed by atoms with Crippen LogP contribution in [0, 0.1) is 5.92 Å². The Morgan fingerprint density at radius 3 is 2.90 bits per heavy atom. The molecule has 1 aliphatic heterocycles. The van der Waals surface area contributed by atoms with Gasteiger partial charge in [-0.05, 0) is 43.4 Å². The van der Waals surface area contributed by atoms with Crippen molar-refractivity contribution in [1.82, 2.24) is 4.90 Å².